The fraction of sp³-hybridized carbons (Fsp3) is 0.389. The Bertz CT molecular complexity index is 739. The van der Waals surface area contributed by atoms with Crippen LogP contribution in [0.4, 0.5) is 13.2 Å². The number of rotatable bonds is 4. The number of halogens is 3. The lowest BCUT2D eigenvalue weighted by Crippen LogP contribution is -2.26. The zero-order valence-electron chi connectivity index (χ0n) is 15.6. The van der Waals surface area contributed by atoms with Crippen molar-refractivity contribution in [1.82, 2.24) is 15.3 Å². The van der Waals surface area contributed by atoms with Crippen molar-refractivity contribution in [3.63, 3.8) is 0 Å². The number of nitrogens with two attached hydrogens (primary N) is 1. The van der Waals surface area contributed by atoms with Gasteiger partial charge in [0.1, 0.15) is 11.4 Å². The van der Waals surface area contributed by atoms with Gasteiger partial charge < -0.3 is 15.8 Å². The van der Waals surface area contributed by atoms with Crippen molar-refractivity contribution in [2.24, 2.45) is 5.73 Å². The van der Waals surface area contributed by atoms with Gasteiger partial charge in [0.05, 0.1) is 6.20 Å². The molecule has 2 rings (SSSR count). The summed E-state index contributed by atoms with van der Waals surface area (Å²) < 4.78 is 40.6. The minimum atomic E-state index is -4.76. The molecule has 0 aliphatic rings. The molecule has 148 valence electrons. The van der Waals surface area contributed by atoms with Gasteiger partial charge in [0.15, 0.2) is 0 Å². The highest BCUT2D eigenvalue weighted by Gasteiger charge is 2.31. The summed E-state index contributed by atoms with van der Waals surface area (Å²) in [6.45, 7) is 7.58. The van der Waals surface area contributed by atoms with Crippen LogP contribution in [0.25, 0.3) is 0 Å². The first-order valence-electron chi connectivity index (χ1n) is 8.03. The highest BCUT2D eigenvalue weighted by molar-refractivity contribution is 5.91. The largest absolute Gasteiger partial charge is 0.573 e. The third-order valence-electron chi connectivity index (χ3n) is 2.59. The maximum atomic E-state index is 12.2. The molecule has 2 aromatic rings. The lowest BCUT2D eigenvalue weighted by atomic mass is 10.1. The summed E-state index contributed by atoms with van der Waals surface area (Å²) in [5, 5.41) is 2.55. The maximum Gasteiger partial charge on any atom is 0.573 e. The molecule has 0 saturated heterocycles. The maximum absolute atomic E-state index is 12.2. The van der Waals surface area contributed by atoms with E-state index >= 15 is 0 Å². The Labute approximate surface area is 156 Å². The second kappa shape index (κ2) is 9.31. The Balaban J connectivity index is 0.000000646. The van der Waals surface area contributed by atoms with Crippen molar-refractivity contribution in [2.75, 3.05) is 0 Å². The minimum Gasteiger partial charge on any atom is -0.406 e. The van der Waals surface area contributed by atoms with Crippen LogP contribution in [0.3, 0.4) is 0 Å². The van der Waals surface area contributed by atoms with Crippen molar-refractivity contribution in [1.29, 1.82) is 0 Å². The van der Waals surface area contributed by atoms with E-state index < -0.39 is 12.3 Å². The van der Waals surface area contributed by atoms with E-state index in [4.69, 9.17) is 5.73 Å². The van der Waals surface area contributed by atoms with E-state index in [1.165, 1.54) is 30.7 Å². The van der Waals surface area contributed by atoms with E-state index in [9.17, 15) is 18.0 Å². The minimum absolute atomic E-state index is 0. The van der Waals surface area contributed by atoms with Crippen LogP contribution in [0, 0.1) is 6.92 Å². The fourth-order valence-corrected chi connectivity index (χ4v) is 1.81. The molecule has 27 heavy (non-hydrogen) atoms. The Kier molecular flexibility index (Phi) is 7.71. The van der Waals surface area contributed by atoms with E-state index in [2.05, 4.69) is 20.0 Å². The number of alkyl halides is 3. The van der Waals surface area contributed by atoms with Gasteiger partial charge in [-0.2, -0.15) is 0 Å². The summed E-state index contributed by atoms with van der Waals surface area (Å²) in [5.74, 6) is -0.788. The number of amides is 1. The first-order chi connectivity index (χ1) is 12.3. The highest BCUT2D eigenvalue weighted by atomic mass is 19.4. The first kappa shape index (κ1) is 22.4. The smallest absolute Gasteiger partial charge is 0.406 e. The van der Waals surface area contributed by atoms with Crippen LogP contribution >= 0.6 is 0 Å². The van der Waals surface area contributed by atoms with Crippen molar-refractivity contribution >= 4 is 5.91 Å². The van der Waals surface area contributed by atoms with Gasteiger partial charge >= 0.3 is 6.36 Å². The summed E-state index contributed by atoms with van der Waals surface area (Å²) in [6, 6.07) is 4.14. The molecule has 1 aromatic heterocycles. The summed E-state index contributed by atoms with van der Waals surface area (Å²) >= 11 is 0. The summed E-state index contributed by atoms with van der Waals surface area (Å²) in [5.41, 5.74) is 6.55. The molecule has 0 aliphatic heterocycles. The Morgan fingerprint density at radius 1 is 1.19 bits per heavy atom. The molecule has 1 heterocycles. The quantitative estimate of drug-likeness (QED) is 0.844. The van der Waals surface area contributed by atoms with Gasteiger partial charge in [-0.1, -0.05) is 6.07 Å². The van der Waals surface area contributed by atoms with Crippen LogP contribution in [-0.2, 0) is 6.54 Å². The summed E-state index contributed by atoms with van der Waals surface area (Å²) in [6.07, 6.45) is -0.660. The van der Waals surface area contributed by atoms with Crippen molar-refractivity contribution in [3.05, 3.63) is 53.6 Å². The van der Waals surface area contributed by atoms with E-state index in [1.807, 2.05) is 20.8 Å². The average Bonchev–Trinajstić information content (AvgIpc) is 2.49. The molecular weight excluding hydrogens is 361 g/mol. The average molecular weight is 384 g/mol. The fourth-order valence-electron chi connectivity index (χ4n) is 1.81. The lowest BCUT2D eigenvalue weighted by molar-refractivity contribution is -0.274. The number of nitrogens with zero attached hydrogens (tertiary/aromatic N) is 2. The Morgan fingerprint density at radius 2 is 1.81 bits per heavy atom. The van der Waals surface area contributed by atoms with Gasteiger partial charge in [-0.15, -0.1) is 13.2 Å². The molecular formula is C18H23F3N4O2. The molecule has 1 amide bonds. The molecule has 0 spiro atoms. The van der Waals surface area contributed by atoms with Crippen LogP contribution < -0.4 is 15.8 Å². The van der Waals surface area contributed by atoms with Gasteiger partial charge in [0.2, 0.25) is 0 Å². The van der Waals surface area contributed by atoms with Gasteiger partial charge in [-0.3, -0.25) is 9.78 Å². The number of nitrogens with one attached hydrogen (secondary N) is 1. The number of carbonyl (C=O) groups excluding carboxylic acids is 1. The van der Waals surface area contributed by atoms with Gasteiger partial charge in [-0.05, 0) is 51.0 Å². The molecule has 1 aromatic carbocycles. The molecule has 0 fully saturated rings. The van der Waals surface area contributed by atoms with Crippen LogP contribution in [0.1, 0.15) is 42.4 Å². The number of carbonyl (C=O) groups is 1. The second-order valence-corrected chi connectivity index (χ2v) is 6.84. The normalized spacial score (nSPS) is 11.3. The number of hydrogen-bond donors (Lipinski definition) is 2. The third-order valence-corrected chi connectivity index (χ3v) is 2.59. The predicted molar refractivity (Wildman–Crippen MR) is 95.0 cm³/mol. The molecule has 0 radical (unpaired) electrons. The van der Waals surface area contributed by atoms with Crippen LogP contribution in [0.5, 0.6) is 5.75 Å². The molecule has 6 nitrogen and oxygen atoms in total. The highest BCUT2D eigenvalue weighted by Crippen LogP contribution is 2.24. The van der Waals surface area contributed by atoms with Gasteiger partial charge in [-0.25, -0.2) is 4.98 Å². The van der Waals surface area contributed by atoms with Crippen LogP contribution in [-0.4, -0.2) is 27.8 Å². The molecule has 0 unspecified atom stereocenters. The van der Waals surface area contributed by atoms with E-state index in [-0.39, 0.29) is 23.5 Å². The molecule has 0 saturated carbocycles. The number of aromatic nitrogens is 2. The number of hydrogen-bond acceptors (Lipinski definition) is 5. The standard InChI is InChI=1S/C14H12F3N3O2.C4H11N/c1-9-4-10(6-11(5-9)22-14(15,16)17)7-20-13(21)12-8-18-2-3-19-12;1-4(2,3)5/h2-6,8H,7H2,1H3,(H,20,21);5H2,1-3H3. The van der Waals surface area contributed by atoms with Crippen LogP contribution in [0.15, 0.2) is 36.8 Å². The predicted octanol–water partition coefficient (Wildman–Crippen LogP) is 3.36. The lowest BCUT2D eigenvalue weighted by Gasteiger charge is -2.12. The van der Waals surface area contributed by atoms with Gasteiger partial charge in [0, 0.05) is 24.5 Å². The third kappa shape index (κ3) is 10.8. The second-order valence-electron chi connectivity index (χ2n) is 6.84. The molecule has 0 aliphatic carbocycles. The molecule has 0 bridgehead atoms. The van der Waals surface area contributed by atoms with Crippen LogP contribution in [0.2, 0.25) is 0 Å². The Hall–Kier alpha value is -2.68. The van der Waals surface area contributed by atoms with E-state index in [1.54, 1.807) is 13.0 Å². The summed E-state index contributed by atoms with van der Waals surface area (Å²) in [4.78, 5) is 19.4. The molecule has 9 heteroatoms. The first-order valence-corrected chi connectivity index (χ1v) is 8.03. The monoisotopic (exact) mass is 384 g/mol. The number of aryl methyl sites for hydroxylation is 1. The van der Waals surface area contributed by atoms with Crippen molar-refractivity contribution in [2.45, 2.75) is 46.1 Å². The van der Waals surface area contributed by atoms with E-state index in [0.717, 1.165) is 0 Å². The molecule has 0 atom stereocenters. The van der Waals surface area contributed by atoms with Crippen molar-refractivity contribution in [3.8, 4) is 5.75 Å². The zero-order chi connectivity index (χ0) is 20.7. The SMILES string of the molecule is CC(C)(C)N.Cc1cc(CNC(=O)c2cnccn2)cc(OC(F)(F)F)c1. The molecule has 3 N–H and O–H groups in total. The topological polar surface area (TPSA) is 90.1 Å². The van der Waals surface area contributed by atoms with E-state index in [0.29, 0.717) is 11.1 Å². The Morgan fingerprint density at radius 3 is 2.33 bits per heavy atom. The van der Waals surface area contributed by atoms with Gasteiger partial charge in [0.25, 0.3) is 5.91 Å². The number of benzene rings is 1. The van der Waals surface area contributed by atoms with Crippen molar-refractivity contribution < 1.29 is 22.7 Å². The number of ether oxygens (including phenoxy) is 1. The summed E-state index contributed by atoms with van der Waals surface area (Å²) in [7, 11) is 0. The zero-order valence-corrected chi connectivity index (χ0v) is 15.6.